The van der Waals surface area contributed by atoms with E-state index < -0.39 is 9.84 Å². The summed E-state index contributed by atoms with van der Waals surface area (Å²) in [4.78, 5) is 4.52. The average Bonchev–Trinajstić information content (AvgIpc) is 2.35. The van der Waals surface area contributed by atoms with Gasteiger partial charge in [0.15, 0.2) is 15.8 Å². The highest BCUT2D eigenvalue weighted by Crippen LogP contribution is 2.10. The minimum absolute atomic E-state index is 0. The Morgan fingerprint density at radius 3 is 2.14 bits per heavy atom. The second kappa shape index (κ2) is 8.71. The van der Waals surface area contributed by atoms with Crippen molar-refractivity contribution in [2.24, 2.45) is 4.99 Å². The van der Waals surface area contributed by atoms with Crippen molar-refractivity contribution in [2.45, 2.75) is 37.6 Å². The normalized spacial score (nSPS) is 12.5. The molecule has 0 aliphatic rings. The van der Waals surface area contributed by atoms with Crippen molar-refractivity contribution in [2.75, 3.05) is 19.8 Å². The molecule has 0 saturated heterocycles. The molecule has 0 bridgehead atoms. The van der Waals surface area contributed by atoms with E-state index >= 15 is 0 Å². The number of halogens is 1. The maximum absolute atomic E-state index is 11.4. The Labute approximate surface area is 150 Å². The van der Waals surface area contributed by atoms with Crippen LogP contribution in [0.4, 0.5) is 0 Å². The molecule has 0 saturated carbocycles. The van der Waals surface area contributed by atoms with Crippen LogP contribution in [0.25, 0.3) is 0 Å². The molecule has 0 fully saturated rings. The maximum Gasteiger partial charge on any atom is 0.191 e. The molecule has 0 heterocycles. The second-order valence-electron chi connectivity index (χ2n) is 6.04. The lowest BCUT2D eigenvalue weighted by Gasteiger charge is -2.23. The van der Waals surface area contributed by atoms with Gasteiger partial charge in [0.2, 0.25) is 0 Å². The first-order chi connectivity index (χ1) is 9.62. The number of aliphatic imine (C=N–C) groups is 1. The van der Waals surface area contributed by atoms with Gasteiger partial charge in [-0.1, -0.05) is 12.1 Å². The lowest BCUT2D eigenvalue weighted by molar-refractivity contribution is 0.501. The van der Waals surface area contributed by atoms with Crippen molar-refractivity contribution < 1.29 is 8.42 Å². The summed E-state index contributed by atoms with van der Waals surface area (Å²) in [5, 5.41) is 6.52. The number of hydrogen-bond donors (Lipinski definition) is 2. The van der Waals surface area contributed by atoms with Crippen molar-refractivity contribution in [1.82, 2.24) is 10.6 Å². The van der Waals surface area contributed by atoms with E-state index in [1.165, 1.54) is 6.26 Å². The Bertz CT molecular complexity index is 590. The van der Waals surface area contributed by atoms with Crippen LogP contribution in [0.1, 0.15) is 26.3 Å². The summed E-state index contributed by atoms with van der Waals surface area (Å²) in [5.74, 6) is 0.759. The van der Waals surface area contributed by atoms with Crippen LogP contribution >= 0.6 is 24.0 Å². The zero-order valence-electron chi connectivity index (χ0n) is 13.8. The molecule has 1 rings (SSSR count). The van der Waals surface area contributed by atoms with Crippen LogP contribution < -0.4 is 10.6 Å². The van der Waals surface area contributed by atoms with Gasteiger partial charge in [-0.25, -0.2) is 8.42 Å². The van der Waals surface area contributed by atoms with Crippen LogP contribution in [0.15, 0.2) is 34.2 Å². The molecule has 0 amide bonds. The van der Waals surface area contributed by atoms with Crippen molar-refractivity contribution in [3.8, 4) is 0 Å². The SMILES string of the molecule is CN=C(NCCc1ccc(S(C)(=O)=O)cc1)NC(C)(C)C.I. The minimum Gasteiger partial charge on any atom is -0.356 e. The van der Waals surface area contributed by atoms with E-state index in [-0.39, 0.29) is 29.5 Å². The number of sulfone groups is 1. The Morgan fingerprint density at radius 2 is 1.73 bits per heavy atom. The van der Waals surface area contributed by atoms with E-state index in [0.29, 0.717) is 4.90 Å². The second-order valence-corrected chi connectivity index (χ2v) is 8.06. The minimum atomic E-state index is -3.12. The molecule has 0 atom stereocenters. The first-order valence-electron chi connectivity index (χ1n) is 6.90. The van der Waals surface area contributed by atoms with Crippen LogP contribution in [0.2, 0.25) is 0 Å². The van der Waals surface area contributed by atoms with Crippen LogP contribution in [0, 0.1) is 0 Å². The predicted octanol–water partition coefficient (Wildman–Crippen LogP) is 2.21. The Hall–Kier alpha value is -0.830. The molecule has 0 aliphatic carbocycles. The van der Waals surface area contributed by atoms with Crippen molar-refractivity contribution in [3.63, 3.8) is 0 Å². The van der Waals surface area contributed by atoms with E-state index in [2.05, 4.69) is 36.4 Å². The Morgan fingerprint density at radius 1 is 1.18 bits per heavy atom. The molecule has 1 aromatic carbocycles. The quantitative estimate of drug-likeness (QED) is 0.429. The summed E-state index contributed by atoms with van der Waals surface area (Å²) in [6.07, 6.45) is 2.01. The van der Waals surface area contributed by atoms with Crippen LogP contribution in [0.3, 0.4) is 0 Å². The third kappa shape index (κ3) is 7.98. The molecular weight excluding hydrogens is 413 g/mol. The smallest absolute Gasteiger partial charge is 0.191 e. The molecule has 7 heteroatoms. The van der Waals surface area contributed by atoms with E-state index in [1.807, 2.05) is 12.1 Å². The summed E-state index contributed by atoms with van der Waals surface area (Å²) < 4.78 is 22.8. The average molecular weight is 439 g/mol. The van der Waals surface area contributed by atoms with Gasteiger partial charge in [0.25, 0.3) is 0 Å². The van der Waals surface area contributed by atoms with E-state index in [4.69, 9.17) is 0 Å². The topological polar surface area (TPSA) is 70.6 Å². The first-order valence-corrected chi connectivity index (χ1v) is 8.79. The molecular formula is C15H26IN3O2S. The number of guanidine groups is 1. The Kier molecular flexibility index (Phi) is 8.38. The highest BCUT2D eigenvalue weighted by Gasteiger charge is 2.11. The summed E-state index contributed by atoms with van der Waals surface area (Å²) in [7, 11) is -1.38. The number of hydrogen-bond acceptors (Lipinski definition) is 3. The largest absolute Gasteiger partial charge is 0.356 e. The third-order valence-corrected chi connectivity index (χ3v) is 3.90. The van der Waals surface area contributed by atoms with Gasteiger partial charge in [0.1, 0.15) is 0 Å². The molecule has 0 aromatic heterocycles. The van der Waals surface area contributed by atoms with Crippen molar-refractivity contribution in [1.29, 1.82) is 0 Å². The highest BCUT2D eigenvalue weighted by atomic mass is 127. The van der Waals surface area contributed by atoms with Gasteiger partial charge in [-0.15, -0.1) is 24.0 Å². The molecule has 22 heavy (non-hydrogen) atoms. The zero-order chi connectivity index (χ0) is 16.1. The van der Waals surface area contributed by atoms with Gasteiger partial charge in [0.05, 0.1) is 4.90 Å². The number of nitrogens with one attached hydrogen (secondary N) is 2. The monoisotopic (exact) mass is 439 g/mol. The van der Waals surface area contributed by atoms with Crippen LogP contribution in [-0.2, 0) is 16.3 Å². The van der Waals surface area contributed by atoms with Crippen molar-refractivity contribution in [3.05, 3.63) is 29.8 Å². The fourth-order valence-electron chi connectivity index (χ4n) is 1.76. The van der Waals surface area contributed by atoms with E-state index in [1.54, 1.807) is 19.2 Å². The first kappa shape index (κ1) is 21.2. The maximum atomic E-state index is 11.4. The fraction of sp³-hybridized carbons (Fsp3) is 0.533. The molecule has 0 aliphatic heterocycles. The molecule has 1 aromatic rings. The third-order valence-electron chi connectivity index (χ3n) is 2.77. The summed E-state index contributed by atoms with van der Waals surface area (Å²) in [6, 6.07) is 6.98. The van der Waals surface area contributed by atoms with Crippen LogP contribution in [0.5, 0.6) is 0 Å². The van der Waals surface area contributed by atoms with Crippen molar-refractivity contribution >= 4 is 39.8 Å². The zero-order valence-corrected chi connectivity index (χ0v) is 17.0. The Balaban J connectivity index is 0.00000441. The highest BCUT2D eigenvalue weighted by molar-refractivity contribution is 14.0. The van der Waals surface area contributed by atoms with Gasteiger partial charge in [-0.3, -0.25) is 4.99 Å². The molecule has 0 spiro atoms. The summed E-state index contributed by atoms with van der Waals surface area (Å²) in [5.41, 5.74) is 1.04. The molecule has 2 N–H and O–H groups in total. The van der Waals surface area contributed by atoms with E-state index in [0.717, 1.165) is 24.5 Å². The lowest BCUT2D eigenvalue weighted by atomic mass is 10.1. The number of rotatable bonds is 4. The summed E-state index contributed by atoms with van der Waals surface area (Å²) >= 11 is 0. The van der Waals surface area contributed by atoms with E-state index in [9.17, 15) is 8.42 Å². The number of benzene rings is 1. The van der Waals surface area contributed by atoms with Gasteiger partial charge >= 0.3 is 0 Å². The van der Waals surface area contributed by atoms with Gasteiger partial charge in [0, 0.05) is 25.4 Å². The van der Waals surface area contributed by atoms with Crippen LogP contribution in [-0.4, -0.2) is 39.8 Å². The van der Waals surface area contributed by atoms with Gasteiger partial charge in [-0.2, -0.15) is 0 Å². The molecule has 0 radical (unpaired) electrons. The number of nitrogens with zero attached hydrogens (tertiary/aromatic N) is 1. The van der Waals surface area contributed by atoms with Gasteiger partial charge < -0.3 is 10.6 Å². The summed E-state index contributed by atoms with van der Waals surface area (Å²) in [6.45, 7) is 6.95. The lowest BCUT2D eigenvalue weighted by Crippen LogP contribution is -2.48. The standard InChI is InChI=1S/C15H25N3O2S.HI/c1-15(2,3)18-14(16-4)17-11-10-12-6-8-13(9-7-12)21(5,19)20;/h6-9H,10-11H2,1-5H3,(H2,16,17,18);1H. The van der Waals surface area contributed by atoms with Gasteiger partial charge in [-0.05, 0) is 44.9 Å². The molecule has 5 nitrogen and oxygen atoms in total. The molecule has 0 unspecified atom stereocenters. The molecule has 126 valence electrons. The predicted molar refractivity (Wildman–Crippen MR) is 103 cm³/mol. The fourth-order valence-corrected chi connectivity index (χ4v) is 2.39.